The zero-order valence-electron chi connectivity index (χ0n) is 10.9. The van der Waals surface area contributed by atoms with Gasteiger partial charge < -0.3 is 5.11 Å². The average molecular weight is 329 g/mol. The molecule has 0 radical (unpaired) electrons. The molecular weight excluding hydrogens is 316 g/mol. The first kappa shape index (κ1) is 15.8. The van der Waals surface area contributed by atoms with Gasteiger partial charge in [-0.25, -0.2) is 13.1 Å². The standard InChI is InChI=1S/C13H13ClN2O4S/c14-10-3-1-9(7-15)12(6-10)21(19,20)16-11-4-2-8(5-11)13(17)18/h1,3,6,8,11,16H,2,4-5H2,(H,17,18). The number of rotatable bonds is 4. The lowest BCUT2D eigenvalue weighted by Crippen LogP contribution is -2.33. The minimum Gasteiger partial charge on any atom is -0.481 e. The van der Waals surface area contributed by atoms with E-state index in [1.54, 1.807) is 0 Å². The van der Waals surface area contributed by atoms with Gasteiger partial charge in [-0.15, -0.1) is 0 Å². The Hall–Kier alpha value is -1.62. The lowest BCUT2D eigenvalue weighted by Gasteiger charge is -2.14. The Labute approximate surface area is 127 Å². The van der Waals surface area contributed by atoms with Crippen LogP contribution in [0.25, 0.3) is 0 Å². The molecule has 2 atom stereocenters. The molecule has 1 saturated carbocycles. The summed E-state index contributed by atoms with van der Waals surface area (Å²) in [6.45, 7) is 0. The number of hydrogen-bond donors (Lipinski definition) is 2. The second-order valence-corrected chi connectivity index (χ2v) is 7.04. The van der Waals surface area contributed by atoms with Crippen LogP contribution in [0.15, 0.2) is 23.1 Å². The zero-order valence-corrected chi connectivity index (χ0v) is 12.5. The first-order valence-corrected chi connectivity index (χ1v) is 8.14. The third-order valence-corrected chi connectivity index (χ3v) is 5.25. The third kappa shape index (κ3) is 3.53. The number of carbonyl (C=O) groups is 1. The van der Waals surface area contributed by atoms with E-state index in [-0.39, 0.29) is 21.9 Å². The smallest absolute Gasteiger partial charge is 0.306 e. The Balaban J connectivity index is 2.22. The summed E-state index contributed by atoms with van der Waals surface area (Å²) in [5, 5.41) is 18.1. The number of hydrogen-bond acceptors (Lipinski definition) is 4. The molecule has 0 heterocycles. The maximum Gasteiger partial charge on any atom is 0.306 e. The van der Waals surface area contributed by atoms with Crippen molar-refractivity contribution < 1.29 is 18.3 Å². The third-order valence-electron chi connectivity index (χ3n) is 3.46. The predicted molar refractivity (Wildman–Crippen MR) is 75.3 cm³/mol. The van der Waals surface area contributed by atoms with E-state index in [4.69, 9.17) is 22.0 Å². The van der Waals surface area contributed by atoms with Crippen LogP contribution < -0.4 is 4.72 Å². The minimum atomic E-state index is -3.91. The molecule has 1 aliphatic carbocycles. The van der Waals surface area contributed by atoms with Gasteiger partial charge in [0.15, 0.2) is 0 Å². The Morgan fingerprint density at radius 1 is 1.43 bits per heavy atom. The SMILES string of the molecule is N#Cc1ccc(Cl)cc1S(=O)(=O)NC1CCC(C(=O)O)C1. The lowest BCUT2D eigenvalue weighted by molar-refractivity contribution is -0.141. The van der Waals surface area contributed by atoms with Gasteiger partial charge in [0, 0.05) is 11.1 Å². The van der Waals surface area contributed by atoms with Crippen molar-refractivity contribution in [1.82, 2.24) is 4.72 Å². The van der Waals surface area contributed by atoms with Crippen LogP contribution in [0, 0.1) is 17.2 Å². The molecule has 0 amide bonds. The number of nitriles is 1. The molecular formula is C13H13ClN2O4S. The van der Waals surface area contributed by atoms with E-state index < -0.39 is 28.0 Å². The number of aliphatic carboxylic acids is 1. The summed E-state index contributed by atoms with van der Waals surface area (Å²) in [7, 11) is -3.91. The summed E-state index contributed by atoms with van der Waals surface area (Å²) in [5.74, 6) is -1.45. The molecule has 6 nitrogen and oxygen atoms in total. The van der Waals surface area contributed by atoms with Crippen molar-refractivity contribution in [3.05, 3.63) is 28.8 Å². The highest BCUT2D eigenvalue weighted by Crippen LogP contribution is 2.28. The van der Waals surface area contributed by atoms with Crippen LogP contribution in [0.3, 0.4) is 0 Å². The Morgan fingerprint density at radius 2 is 2.14 bits per heavy atom. The number of sulfonamides is 1. The number of halogens is 1. The van der Waals surface area contributed by atoms with Crippen LogP contribution in [0.4, 0.5) is 0 Å². The second-order valence-electron chi connectivity index (χ2n) is 4.92. The van der Waals surface area contributed by atoms with Gasteiger partial charge in [-0.1, -0.05) is 11.6 Å². The highest BCUT2D eigenvalue weighted by atomic mass is 35.5. The van der Waals surface area contributed by atoms with E-state index in [0.29, 0.717) is 12.8 Å². The maximum absolute atomic E-state index is 12.3. The van der Waals surface area contributed by atoms with Crippen LogP contribution in [0.5, 0.6) is 0 Å². The fourth-order valence-electron chi connectivity index (χ4n) is 2.41. The van der Waals surface area contributed by atoms with Gasteiger partial charge in [0.25, 0.3) is 0 Å². The molecule has 2 N–H and O–H groups in total. The number of benzene rings is 1. The molecule has 8 heteroatoms. The van der Waals surface area contributed by atoms with Crippen LogP contribution >= 0.6 is 11.6 Å². The van der Waals surface area contributed by atoms with Crippen LogP contribution in [-0.4, -0.2) is 25.5 Å². The van der Waals surface area contributed by atoms with Gasteiger partial charge >= 0.3 is 5.97 Å². The van der Waals surface area contributed by atoms with E-state index >= 15 is 0 Å². The fourth-order valence-corrected chi connectivity index (χ4v) is 4.11. The fraction of sp³-hybridized carbons (Fsp3) is 0.385. The zero-order chi connectivity index (χ0) is 15.6. The largest absolute Gasteiger partial charge is 0.481 e. The molecule has 1 aliphatic rings. The molecule has 21 heavy (non-hydrogen) atoms. The predicted octanol–water partition coefficient (Wildman–Crippen LogP) is 1.74. The Kier molecular flexibility index (Phi) is 4.52. The molecule has 1 fully saturated rings. The molecule has 1 aromatic rings. The van der Waals surface area contributed by atoms with E-state index in [9.17, 15) is 13.2 Å². The Morgan fingerprint density at radius 3 is 2.71 bits per heavy atom. The summed E-state index contributed by atoms with van der Waals surface area (Å²) in [6.07, 6.45) is 1.14. The van der Waals surface area contributed by atoms with Gasteiger partial charge in [-0.05, 0) is 37.5 Å². The van der Waals surface area contributed by atoms with Crippen molar-refractivity contribution in [2.75, 3.05) is 0 Å². The summed E-state index contributed by atoms with van der Waals surface area (Å²) in [6, 6.07) is 5.36. The van der Waals surface area contributed by atoms with E-state index in [0.717, 1.165) is 0 Å². The quantitative estimate of drug-likeness (QED) is 0.875. The monoisotopic (exact) mass is 328 g/mol. The molecule has 0 aliphatic heterocycles. The van der Waals surface area contributed by atoms with Crippen LogP contribution in [0.2, 0.25) is 5.02 Å². The van der Waals surface area contributed by atoms with Crippen molar-refractivity contribution in [1.29, 1.82) is 5.26 Å². The summed E-state index contributed by atoms with van der Waals surface area (Å²) < 4.78 is 27.1. The van der Waals surface area contributed by atoms with Crippen molar-refractivity contribution in [2.24, 2.45) is 5.92 Å². The molecule has 2 unspecified atom stereocenters. The van der Waals surface area contributed by atoms with Crippen molar-refractivity contribution in [2.45, 2.75) is 30.2 Å². The van der Waals surface area contributed by atoms with Gasteiger partial charge in [0.1, 0.15) is 11.0 Å². The molecule has 1 aromatic carbocycles. The minimum absolute atomic E-state index is 0.000295. The second kappa shape index (κ2) is 6.02. The van der Waals surface area contributed by atoms with Crippen molar-refractivity contribution in [3.8, 4) is 6.07 Å². The average Bonchev–Trinajstić information content (AvgIpc) is 2.86. The van der Waals surface area contributed by atoms with E-state index in [1.807, 2.05) is 6.07 Å². The van der Waals surface area contributed by atoms with Gasteiger partial charge in [0.2, 0.25) is 10.0 Å². The number of nitrogens with one attached hydrogen (secondary N) is 1. The lowest BCUT2D eigenvalue weighted by atomic mass is 10.1. The van der Waals surface area contributed by atoms with Crippen LogP contribution in [0.1, 0.15) is 24.8 Å². The summed E-state index contributed by atoms with van der Waals surface area (Å²) in [4.78, 5) is 10.7. The molecule has 0 aromatic heterocycles. The first-order valence-electron chi connectivity index (χ1n) is 6.28. The van der Waals surface area contributed by atoms with Crippen molar-refractivity contribution >= 4 is 27.6 Å². The van der Waals surface area contributed by atoms with Gasteiger partial charge in [-0.3, -0.25) is 4.79 Å². The van der Waals surface area contributed by atoms with Crippen LogP contribution in [-0.2, 0) is 14.8 Å². The molecule has 112 valence electrons. The van der Waals surface area contributed by atoms with E-state index in [1.165, 1.54) is 18.2 Å². The molecule has 0 saturated heterocycles. The molecule has 0 bridgehead atoms. The number of nitrogens with zero attached hydrogens (tertiary/aromatic N) is 1. The van der Waals surface area contributed by atoms with Gasteiger partial charge in [-0.2, -0.15) is 5.26 Å². The van der Waals surface area contributed by atoms with Crippen molar-refractivity contribution in [3.63, 3.8) is 0 Å². The summed E-state index contributed by atoms with van der Waals surface area (Å²) >= 11 is 5.78. The highest BCUT2D eigenvalue weighted by molar-refractivity contribution is 7.89. The highest BCUT2D eigenvalue weighted by Gasteiger charge is 2.33. The molecule has 2 rings (SSSR count). The number of carboxylic acids is 1. The maximum atomic E-state index is 12.3. The first-order chi connectivity index (χ1) is 9.83. The topological polar surface area (TPSA) is 107 Å². The van der Waals surface area contributed by atoms with E-state index in [2.05, 4.69) is 4.72 Å². The Bertz CT molecular complexity index is 711. The summed E-state index contributed by atoms with van der Waals surface area (Å²) in [5.41, 5.74) is -0.000295. The normalized spacial score (nSPS) is 21.9. The van der Waals surface area contributed by atoms with Gasteiger partial charge in [0.05, 0.1) is 11.5 Å². The molecule has 0 spiro atoms. The number of carboxylic acid groups (broad SMARTS) is 1.